The Bertz CT molecular complexity index is 1360. The Morgan fingerprint density at radius 2 is 1.69 bits per heavy atom. The minimum absolute atomic E-state index is 0.0924. The van der Waals surface area contributed by atoms with E-state index in [9.17, 15) is 18.4 Å². The number of aromatic nitrogens is 3. The molecule has 0 saturated carbocycles. The van der Waals surface area contributed by atoms with Crippen molar-refractivity contribution in [3.63, 3.8) is 0 Å². The third-order valence-electron chi connectivity index (χ3n) is 5.77. The summed E-state index contributed by atoms with van der Waals surface area (Å²) in [4.78, 5) is 29.0. The minimum atomic E-state index is -0.750. The van der Waals surface area contributed by atoms with Gasteiger partial charge in [0.1, 0.15) is 17.3 Å². The van der Waals surface area contributed by atoms with Gasteiger partial charge >= 0.3 is 0 Å². The average Bonchev–Trinajstić information content (AvgIpc) is 3.58. The topological polar surface area (TPSA) is 113 Å². The van der Waals surface area contributed by atoms with Gasteiger partial charge in [-0.15, -0.1) is 0 Å². The summed E-state index contributed by atoms with van der Waals surface area (Å²) in [5.41, 5.74) is 1.96. The van der Waals surface area contributed by atoms with Gasteiger partial charge in [-0.1, -0.05) is 32.0 Å². The van der Waals surface area contributed by atoms with Crippen molar-refractivity contribution in [3.8, 4) is 22.7 Å². The Kier molecular flexibility index (Phi) is 7.53. The van der Waals surface area contributed by atoms with Crippen LogP contribution in [0.25, 0.3) is 22.7 Å². The molecule has 0 unspecified atom stereocenters. The molecule has 0 saturated heterocycles. The number of benzene rings is 2. The van der Waals surface area contributed by atoms with Gasteiger partial charge in [0.15, 0.2) is 0 Å². The molecular formula is C26H25F2N5O3. The van der Waals surface area contributed by atoms with E-state index in [0.29, 0.717) is 22.5 Å². The summed E-state index contributed by atoms with van der Waals surface area (Å²) in [6.07, 6.45) is 2.91. The monoisotopic (exact) mass is 493 g/mol. The summed E-state index contributed by atoms with van der Waals surface area (Å²) in [5.74, 6) is -2.31. The van der Waals surface area contributed by atoms with Crippen molar-refractivity contribution >= 4 is 11.8 Å². The fraction of sp³-hybridized carbons (Fsp3) is 0.231. The van der Waals surface area contributed by atoms with Crippen LogP contribution in [-0.2, 0) is 6.54 Å². The Morgan fingerprint density at radius 3 is 2.42 bits per heavy atom. The number of carbonyl (C=O) groups excluding carboxylic acids is 2. The van der Waals surface area contributed by atoms with Crippen molar-refractivity contribution in [2.45, 2.75) is 39.3 Å². The molecule has 2 aromatic carbocycles. The second-order valence-corrected chi connectivity index (χ2v) is 8.15. The molecule has 4 aromatic rings. The minimum Gasteiger partial charge on any atom is -0.431 e. The lowest BCUT2D eigenvalue weighted by molar-refractivity contribution is 0.0918. The number of oxazole rings is 1. The number of rotatable bonds is 9. The van der Waals surface area contributed by atoms with Crippen molar-refractivity contribution in [3.05, 3.63) is 83.4 Å². The highest BCUT2D eigenvalue weighted by molar-refractivity contribution is 5.93. The maximum atomic E-state index is 13.8. The first kappa shape index (κ1) is 24.8. The molecule has 36 heavy (non-hydrogen) atoms. The molecule has 2 heterocycles. The normalized spacial score (nSPS) is 11.0. The van der Waals surface area contributed by atoms with Crippen molar-refractivity contribution < 1.29 is 22.8 Å². The highest BCUT2D eigenvalue weighted by Crippen LogP contribution is 2.26. The van der Waals surface area contributed by atoms with E-state index in [-0.39, 0.29) is 35.7 Å². The van der Waals surface area contributed by atoms with Crippen LogP contribution in [0, 0.1) is 11.6 Å². The fourth-order valence-corrected chi connectivity index (χ4v) is 3.62. The van der Waals surface area contributed by atoms with Crippen LogP contribution >= 0.6 is 0 Å². The summed E-state index contributed by atoms with van der Waals surface area (Å²) < 4.78 is 33.1. The highest BCUT2D eigenvalue weighted by Gasteiger charge is 2.17. The first-order valence-corrected chi connectivity index (χ1v) is 11.5. The summed E-state index contributed by atoms with van der Waals surface area (Å²) in [6.45, 7) is 3.69. The zero-order chi connectivity index (χ0) is 25.7. The zero-order valence-electron chi connectivity index (χ0n) is 19.8. The molecule has 10 heteroatoms. The molecule has 0 atom stereocenters. The number of aromatic amines is 1. The molecule has 186 valence electrons. The quantitative estimate of drug-likeness (QED) is 0.308. The average molecular weight is 494 g/mol. The van der Waals surface area contributed by atoms with Gasteiger partial charge in [0.2, 0.25) is 11.7 Å². The Labute approximate surface area is 206 Å². The van der Waals surface area contributed by atoms with Crippen molar-refractivity contribution in [2.75, 3.05) is 0 Å². The van der Waals surface area contributed by atoms with Crippen LogP contribution in [0.4, 0.5) is 8.78 Å². The molecule has 0 aliphatic rings. The van der Waals surface area contributed by atoms with E-state index in [1.54, 1.807) is 24.3 Å². The summed E-state index contributed by atoms with van der Waals surface area (Å²) in [7, 11) is 0. The fourth-order valence-electron chi connectivity index (χ4n) is 3.62. The molecule has 0 radical (unpaired) electrons. The Hall–Kier alpha value is -4.34. The second-order valence-electron chi connectivity index (χ2n) is 8.15. The van der Waals surface area contributed by atoms with E-state index < -0.39 is 17.5 Å². The third-order valence-corrected chi connectivity index (χ3v) is 5.77. The molecule has 4 rings (SSSR count). The van der Waals surface area contributed by atoms with E-state index in [2.05, 4.69) is 25.8 Å². The lowest BCUT2D eigenvalue weighted by atomic mass is 10.1. The molecule has 0 fully saturated rings. The molecule has 2 aromatic heterocycles. The van der Waals surface area contributed by atoms with Crippen LogP contribution in [0.2, 0.25) is 0 Å². The van der Waals surface area contributed by atoms with E-state index >= 15 is 0 Å². The number of hydrogen-bond donors (Lipinski definition) is 3. The molecular weight excluding hydrogens is 468 g/mol. The van der Waals surface area contributed by atoms with Gasteiger partial charge < -0.3 is 15.1 Å². The third kappa shape index (κ3) is 5.48. The van der Waals surface area contributed by atoms with Crippen LogP contribution < -0.4 is 10.6 Å². The SMILES string of the molecule is CCC(CC)NC(=O)c1cc(-c2cccc(-c3ncc(C(=O)NCc4c(F)cccc4F)o3)c2)n[nH]1. The zero-order valence-corrected chi connectivity index (χ0v) is 19.8. The molecule has 0 spiro atoms. The molecule has 0 bridgehead atoms. The van der Waals surface area contributed by atoms with Gasteiger partial charge in [-0.25, -0.2) is 13.8 Å². The molecule has 2 amide bonds. The van der Waals surface area contributed by atoms with Crippen molar-refractivity contribution in [1.29, 1.82) is 0 Å². The lowest BCUT2D eigenvalue weighted by Gasteiger charge is -2.13. The first-order valence-electron chi connectivity index (χ1n) is 11.5. The largest absolute Gasteiger partial charge is 0.431 e. The Morgan fingerprint density at radius 1 is 1.00 bits per heavy atom. The predicted molar refractivity (Wildman–Crippen MR) is 129 cm³/mol. The second kappa shape index (κ2) is 10.9. The standard InChI is InChI=1S/C26H25F2N5O3/c1-3-17(4-2)31-24(34)22-12-21(32-33-22)15-7-5-8-16(11-15)26-30-14-23(36-26)25(35)29-13-18-19(27)9-6-10-20(18)28/h5-12,14,17H,3-4,13H2,1-2H3,(H,29,35)(H,31,34)(H,32,33). The van der Waals surface area contributed by atoms with Crippen molar-refractivity contribution in [1.82, 2.24) is 25.8 Å². The number of nitrogens with one attached hydrogen (secondary N) is 3. The Balaban J connectivity index is 1.46. The molecule has 0 aliphatic carbocycles. The van der Waals surface area contributed by atoms with Gasteiger partial charge in [-0.3, -0.25) is 14.7 Å². The summed E-state index contributed by atoms with van der Waals surface area (Å²) >= 11 is 0. The number of H-pyrrole nitrogens is 1. The summed E-state index contributed by atoms with van der Waals surface area (Å²) in [6, 6.07) is 12.3. The summed E-state index contributed by atoms with van der Waals surface area (Å²) in [5, 5.41) is 12.4. The first-order chi connectivity index (χ1) is 17.4. The van der Waals surface area contributed by atoms with Gasteiger partial charge in [0.05, 0.1) is 11.9 Å². The van der Waals surface area contributed by atoms with Gasteiger partial charge in [-0.2, -0.15) is 5.10 Å². The molecule has 0 aliphatic heterocycles. The molecule has 3 N–H and O–H groups in total. The number of halogens is 2. The molecule has 8 nitrogen and oxygen atoms in total. The van der Waals surface area contributed by atoms with Crippen LogP contribution in [0.1, 0.15) is 53.3 Å². The number of hydrogen-bond acceptors (Lipinski definition) is 5. The predicted octanol–water partition coefficient (Wildman–Crippen LogP) is 4.86. The van der Waals surface area contributed by atoms with E-state index in [1.165, 1.54) is 12.3 Å². The van der Waals surface area contributed by atoms with Crippen molar-refractivity contribution in [2.24, 2.45) is 0 Å². The van der Waals surface area contributed by atoms with Gasteiger partial charge in [-0.05, 0) is 43.2 Å². The van der Waals surface area contributed by atoms with E-state index in [1.807, 2.05) is 19.9 Å². The van der Waals surface area contributed by atoms with Crippen LogP contribution in [0.3, 0.4) is 0 Å². The van der Waals surface area contributed by atoms with Crippen LogP contribution in [0.5, 0.6) is 0 Å². The number of amides is 2. The maximum absolute atomic E-state index is 13.8. The number of carbonyl (C=O) groups is 2. The van der Waals surface area contributed by atoms with Crippen LogP contribution in [-0.4, -0.2) is 33.0 Å². The number of nitrogens with zero attached hydrogens (tertiary/aromatic N) is 2. The lowest BCUT2D eigenvalue weighted by Crippen LogP contribution is -2.33. The van der Waals surface area contributed by atoms with Gasteiger partial charge in [0.25, 0.3) is 11.8 Å². The van der Waals surface area contributed by atoms with Crippen LogP contribution in [0.15, 0.2) is 59.1 Å². The van der Waals surface area contributed by atoms with Gasteiger partial charge in [0, 0.05) is 29.3 Å². The van der Waals surface area contributed by atoms with E-state index in [0.717, 1.165) is 25.0 Å². The smallest absolute Gasteiger partial charge is 0.289 e. The van der Waals surface area contributed by atoms with E-state index in [4.69, 9.17) is 4.42 Å². The maximum Gasteiger partial charge on any atom is 0.289 e. The highest BCUT2D eigenvalue weighted by atomic mass is 19.1.